The van der Waals surface area contributed by atoms with Crippen molar-refractivity contribution >= 4 is 0 Å². The molecule has 0 bridgehead atoms. The van der Waals surface area contributed by atoms with Crippen LogP contribution in [0.4, 0.5) is 0 Å². The Balaban J connectivity index is 1.80. The Bertz CT molecular complexity index is 350. The van der Waals surface area contributed by atoms with Gasteiger partial charge in [0.05, 0.1) is 0 Å². The van der Waals surface area contributed by atoms with E-state index >= 15 is 0 Å². The van der Waals surface area contributed by atoms with Crippen LogP contribution in [0.15, 0.2) is 24.3 Å². The van der Waals surface area contributed by atoms with Crippen LogP contribution in [0.1, 0.15) is 50.2 Å². The van der Waals surface area contributed by atoms with Crippen LogP contribution < -0.4 is 11.1 Å². The molecule has 0 radical (unpaired) electrons. The SMILES string of the molecule is CCC1(CNCc2ccc(CN)cc2)CCCC1. The van der Waals surface area contributed by atoms with Crippen molar-refractivity contribution in [1.82, 2.24) is 5.32 Å². The molecule has 2 nitrogen and oxygen atoms in total. The van der Waals surface area contributed by atoms with Gasteiger partial charge >= 0.3 is 0 Å². The summed E-state index contributed by atoms with van der Waals surface area (Å²) in [5.41, 5.74) is 8.75. The Labute approximate surface area is 111 Å². The summed E-state index contributed by atoms with van der Waals surface area (Å²) in [4.78, 5) is 0. The molecule has 1 aliphatic carbocycles. The van der Waals surface area contributed by atoms with Gasteiger partial charge in [0, 0.05) is 19.6 Å². The zero-order chi connectivity index (χ0) is 12.8. The lowest BCUT2D eigenvalue weighted by molar-refractivity contribution is 0.268. The highest BCUT2D eigenvalue weighted by Crippen LogP contribution is 2.40. The molecule has 0 unspecified atom stereocenters. The van der Waals surface area contributed by atoms with E-state index in [0.29, 0.717) is 12.0 Å². The van der Waals surface area contributed by atoms with Crippen molar-refractivity contribution in [3.63, 3.8) is 0 Å². The van der Waals surface area contributed by atoms with Gasteiger partial charge < -0.3 is 11.1 Å². The minimum absolute atomic E-state index is 0.581. The highest BCUT2D eigenvalue weighted by molar-refractivity contribution is 5.22. The third-order valence-corrected chi connectivity index (χ3v) is 4.50. The first-order valence-electron chi connectivity index (χ1n) is 7.27. The van der Waals surface area contributed by atoms with Gasteiger partial charge in [-0.3, -0.25) is 0 Å². The van der Waals surface area contributed by atoms with E-state index in [1.54, 1.807) is 0 Å². The lowest BCUT2D eigenvalue weighted by Crippen LogP contribution is -2.31. The highest BCUT2D eigenvalue weighted by Gasteiger charge is 2.31. The van der Waals surface area contributed by atoms with Crippen LogP contribution in [-0.4, -0.2) is 6.54 Å². The largest absolute Gasteiger partial charge is 0.326 e. The van der Waals surface area contributed by atoms with Crippen LogP contribution in [-0.2, 0) is 13.1 Å². The van der Waals surface area contributed by atoms with Crippen LogP contribution in [0, 0.1) is 5.41 Å². The zero-order valence-corrected chi connectivity index (χ0v) is 11.5. The first-order chi connectivity index (χ1) is 8.78. The number of nitrogens with two attached hydrogens (primary N) is 1. The van der Waals surface area contributed by atoms with E-state index < -0.39 is 0 Å². The molecule has 1 saturated carbocycles. The molecule has 0 spiro atoms. The van der Waals surface area contributed by atoms with Gasteiger partial charge in [-0.2, -0.15) is 0 Å². The van der Waals surface area contributed by atoms with E-state index in [1.165, 1.54) is 49.8 Å². The molecule has 0 saturated heterocycles. The fourth-order valence-electron chi connectivity index (χ4n) is 3.05. The fraction of sp³-hybridized carbons (Fsp3) is 0.625. The number of benzene rings is 1. The molecule has 0 heterocycles. The number of nitrogens with one attached hydrogen (secondary N) is 1. The van der Waals surface area contributed by atoms with Crippen LogP contribution in [0.25, 0.3) is 0 Å². The number of rotatable bonds is 6. The Kier molecular flexibility index (Phi) is 4.79. The molecular formula is C16H26N2. The van der Waals surface area contributed by atoms with E-state index in [-0.39, 0.29) is 0 Å². The normalized spacial score (nSPS) is 18.1. The molecule has 3 N–H and O–H groups in total. The Morgan fingerprint density at radius 1 is 1.11 bits per heavy atom. The van der Waals surface area contributed by atoms with Gasteiger partial charge in [-0.1, -0.05) is 44.0 Å². The van der Waals surface area contributed by atoms with Gasteiger partial charge in [-0.25, -0.2) is 0 Å². The molecule has 1 aromatic carbocycles. The summed E-state index contributed by atoms with van der Waals surface area (Å²) in [6, 6.07) is 8.62. The van der Waals surface area contributed by atoms with Crippen molar-refractivity contribution in [3.8, 4) is 0 Å². The molecule has 2 heteroatoms. The van der Waals surface area contributed by atoms with Gasteiger partial charge in [0.25, 0.3) is 0 Å². The van der Waals surface area contributed by atoms with Crippen molar-refractivity contribution in [3.05, 3.63) is 35.4 Å². The van der Waals surface area contributed by atoms with E-state index in [1.807, 2.05) is 0 Å². The lowest BCUT2D eigenvalue weighted by Gasteiger charge is -2.27. The predicted octanol–water partition coefficient (Wildman–Crippen LogP) is 3.21. The maximum Gasteiger partial charge on any atom is 0.0205 e. The van der Waals surface area contributed by atoms with Gasteiger partial charge in [0.2, 0.25) is 0 Å². The van der Waals surface area contributed by atoms with Crippen LogP contribution >= 0.6 is 0 Å². The lowest BCUT2D eigenvalue weighted by atomic mass is 9.83. The van der Waals surface area contributed by atoms with Crippen molar-refractivity contribution < 1.29 is 0 Å². The van der Waals surface area contributed by atoms with Crippen LogP contribution in [0.5, 0.6) is 0 Å². The molecule has 0 aliphatic heterocycles. The highest BCUT2D eigenvalue weighted by atomic mass is 14.9. The molecule has 0 amide bonds. The molecule has 18 heavy (non-hydrogen) atoms. The molecule has 100 valence electrons. The fourth-order valence-corrected chi connectivity index (χ4v) is 3.05. The van der Waals surface area contributed by atoms with Crippen molar-refractivity contribution in [2.45, 2.75) is 52.1 Å². The van der Waals surface area contributed by atoms with Crippen molar-refractivity contribution in [1.29, 1.82) is 0 Å². The maximum absolute atomic E-state index is 5.60. The first kappa shape index (κ1) is 13.6. The van der Waals surface area contributed by atoms with Gasteiger partial charge in [0.15, 0.2) is 0 Å². The molecule has 2 rings (SSSR count). The van der Waals surface area contributed by atoms with Gasteiger partial charge in [-0.05, 0) is 35.8 Å². The van der Waals surface area contributed by atoms with Crippen molar-refractivity contribution in [2.24, 2.45) is 11.1 Å². The first-order valence-corrected chi connectivity index (χ1v) is 7.27. The molecule has 0 aromatic heterocycles. The summed E-state index contributed by atoms with van der Waals surface area (Å²) in [6.45, 7) is 5.12. The van der Waals surface area contributed by atoms with E-state index in [0.717, 1.165) is 6.54 Å². The van der Waals surface area contributed by atoms with Crippen molar-refractivity contribution in [2.75, 3.05) is 6.54 Å². The topological polar surface area (TPSA) is 38.0 Å². The quantitative estimate of drug-likeness (QED) is 0.809. The molecule has 0 atom stereocenters. The average Bonchev–Trinajstić information content (AvgIpc) is 2.89. The minimum Gasteiger partial charge on any atom is -0.326 e. The summed E-state index contributed by atoms with van der Waals surface area (Å²) in [5, 5.41) is 3.64. The minimum atomic E-state index is 0.581. The smallest absolute Gasteiger partial charge is 0.0205 e. The molecular weight excluding hydrogens is 220 g/mol. The monoisotopic (exact) mass is 246 g/mol. The molecule has 1 fully saturated rings. The molecule has 1 aliphatic rings. The summed E-state index contributed by atoms with van der Waals surface area (Å²) < 4.78 is 0. The predicted molar refractivity (Wildman–Crippen MR) is 77.2 cm³/mol. The van der Waals surface area contributed by atoms with E-state index in [4.69, 9.17) is 5.73 Å². The number of hydrogen-bond donors (Lipinski definition) is 2. The maximum atomic E-state index is 5.60. The Hall–Kier alpha value is -0.860. The Morgan fingerprint density at radius 3 is 2.28 bits per heavy atom. The second-order valence-corrected chi connectivity index (χ2v) is 5.68. The third kappa shape index (κ3) is 3.33. The zero-order valence-electron chi connectivity index (χ0n) is 11.5. The van der Waals surface area contributed by atoms with Gasteiger partial charge in [0.1, 0.15) is 0 Å². The summed E-state index contributed by atoms with van der Waals surface area (Å²) in [7, 11) is 0. The van der Waals surface area contributed by atoms with E-state index in [9.17, 15) is 0 Å². The number of hydrogen-bond acceptors (Lipinski definition) is 2. The second kappa shape index (κ2) is 6.35. The van der Waals surface area contributed by atoms with Crippen LogP contribution in [0.2, 0.25) is 0 Å². The summed E-state index contributed by atoms with van der Waals surface area (Å²) >= 11 is 0. The third-order valence-electron chi connectivity index (χ3n) is 4.50. The second-order valence-electron chi connectivity index (χ2n) is 5.68. The standard InChI is InChI=1S/C16H26N2/c1-2-16(9-3-4-10-16)13-18-12-15-7-5-14(11-17)6-8-15/h5-8,18H,2-4,9-13,17H2,1H3. The molecule has 1 aromatic rings. The van der Waals surface area contributed by atoms with E-state index in [2.05, 4.69) is 36.5 Å². The van der Waals surface area contributed by atoms with Crippen LogP contribution in [0.3, 0.4) is 0 Å². The Morgan fingerprint density at radius 2 is 1.72 bits per heavy atom. The van der Waals surface area contributed by atoms with Gasteiger partial charge in [-0.15, -0.1) is 0 Å². The summed E-state index contributed by atoms with van der Waals surface area (Å²) in [5.74, 6) is 0. The average molecular weight is 246 g/mol. The summed E-state index contributed by atoms with van der Waals surface area (Å²) in [6.07, 6.45) is 6.96.